The Morgan fingerprint density at radius 2 is 2.10 bits per heavy atom. The molecule has 1 unspecified atom stereocenters. The van der Waals surface area contributed by atoms with Crippen LogP contribution in [0.3, 0.4) is 0 Å². The quantitative estimate of drug-likeness (QED) is 0.903. The van der Waals surface area contributed by atoms with Gasteiger partial charge >= 0.3 is 0 Å². The van der Waals surface area contributed by atoms with Crippen LogP contribution in [-0.4, -0.2) is 11.7 Å². The molecular weight excluding hydrogens is 272 g/mol. The molecule has 1 atom stereocenters. The maximum atomic E-state index is 10.6. The van der Waals surface area contributed by atoms with Crippen molar-refractivity contribution >= 4 is 11.6 Å². The molecule has 3 rings (SSSR count). The van der Waals surface area contributed by atoms with Crippen molar-refractivity contribution in [2.45, 2.75) is 25.9 Å². The van der Waals surface area contributed by atoms with Gasteiger partial charge in [-0.05, 0) is 42.5 Å². The molecule has 1 aliphatic heterocycles. The Morgan fingerprint density at radius 1 is 1.25 bits per heavy atom. The summed E-state index contributed by atoms with van der Waals surface area (Å²) < 4.78 is 5.76. The number of aliphatic hydroxyl groups excluding tert-OH is 1. The van der Waals surface area contributed by atoms with Gasteiger partial charge in [0, 0.05) is 10.6 Å². The lowest BCUT2D eigenvalue weighted by molar-refractivity contribution is 0.206. The lowest BCUT2D eigenvalue weighted by atomic mass is 9.95. The Morgan fingerprint density at radius 3 is 2.90 bits per heavy atom. The molecule has 2 aromatic carbocycles. The van der Waals surface area contributed by atoms with Gasteiger partial charge in [-0.2, -0.15) is 0 Å². The minimum absolute atomic E-state index is 0.673. The fraction of sp³-hybridized carbons (Fsp3) is 0.294. The summed E-state index contributed by atoms with van der Waals surface area (Å²) in [6.45, 7) is 2.66. The van der Waals surface area contributed by atoms with Gasteiger partial charge in [0.05, 0.1) is 6.61 Å². The summed E-state index contributed by atoms with van der Waals surface area (Å²) in [5.74, 6) is 0.836. The largest absolute Gasteiger partial charge is 0.493 e. The Balaban J connectivity index is 2.02. The Bertz CT molecular complexity index is 637. The molecule has 0 amide bonds. The highest BCUT2D eigenvalue weighted by Gasteiger charge is 2.20. The second-order valence-corrected chi connectivity index (χ2v) is 5.61. The van der Waals surface area contributed by atoms with Crippen LogP contribution in [0.2, 0.25) is 5.02 Å². The van der Waals surface area contributed by atoms with E-state index in [0.717, 1.165) is 35.3 Å². The number of fused-ring (bicyclic) bond motifs is 1. The first-order valence-corrected chi connectivity index (χ1v) is 7.23. The molecule has 0 aliphatic carbocycles. The van der Waals surface area contributed by atoms with Gasteiger partial charge in [0.15, 0.2) is 0 Å². The van der Waals surface area contributed by atoms with Crippen molar-refractivity contribution in [3.63, 3.8) is 0 Å². The minimum atomic E-state index is -0.707. The van der Waals surface area contributed by atoms with E-state index in [1.165, 1.54) is 5.56 Å². The second-order valence-electron chi connectivity index (χ2n) is 5.20. The van der Waals surface area contributed by atoms with Gasteiger partial charge in [-0.1, -0.05) is 41.9 Å². The van der Waals surface area contributed by atoms with Gasteiger partial charge in [-0.15, -0.1) is 0 Å². The van der Waals surface area contributed by atoms with Crippen LogP contribution in [0.5, 0.6) is 5.75 Å². The van der Waals surface area contributed by atoms with Crippen molar-refractivity contribution in [3.05, 3.63) is 63.7 Å². The first kappa shape index (κ1) is 13.5. The Labute approximate surface area is 124 Å². The number of benzene rings is 2. The van der Waals surface area contributed by atoms with Gasteiger partial charge in [0.25, 0.3) is 0 Å². The van der Waals surface area contributed by atoms with Gasteiger partial charge in [0.1, 0.15) is 11.9 Å². The van der Waals surface area contributed by atoms with E-state index in [1.54, 1.807) is 0 Å². The van der Waals surface area contributed by atoms with Crippen LogP contribution in [0.25, 0.3) is 0 Å². The third kappa shape index (κ3) is 2.41. The van der Waals surface area contributed by atoms with E-state index in [-0.39, 0.29) is 0 Å². The number of halogens is 1. The van der Waals surface area contributed by atoms with Crippen LogP contribution in [0.15, 0.2) is 36.4 Å². The van der Waals surface area contributed by atoms with E-state index >= 15 is 0 Å². The molecule has 2 nitrogen and oxygen atoms in total. The van der Waals surface area contributed by atoms with E-state index in [4.69, 9.17) is 16.3 Å². The van der Waals surface area contributed by atoms with Crippen LogP contribution in [-0.2, 0) is 6.42 Å². The van der Waals surface area contributed by atoms with E-state index in [0.29, 0.717) is 11.6 Å². The zero-order chi connectivity index (χ0) is 14.1. The SMILES string of the molecule is Cc1ccc(C(O)c2cccc3c2OCCC3)cc1Cl. The third-order valence-electron chi connectivity index (χ3n) is 3.77. The van der Waals surface area contributed by atoms with E-state index in [1.807, 2.05) is 37.3 Å². The summed E-state index contributed by atoms with van der Waals surface area (Å²) in [5, 5.41) is 11.3. The van der Waals surface area contributed by atoms with Crippen molar-refractivity contribution in [3.8, 4) is 5.75 Å². The van der Waals surface area contributed by atoms with Gasteiger partial charge < -0.3 is 9.84 Å². The van der Waals surface area contributed by atoms with Crippen molar-refractivity contribution in [2.24, 2.45) is 0 Å². The fourth-order valence-corrected chi connectivity index (χ4v) is 2.78. The maximum absolute atomic E-state index is 10.6. The fourth-order valence-electron chi connectivity index (χ4n) is 2.59. The molecule has 1 aliphatic rings. The molecule has 3 heteroatoms. The maximum Gasteiger partial charge on any atom is 0.128 e. The van der Waals surface area contributed by atoms with Crippen LogP contribution >= 0.6 is 11.6 Å². The highest BCUT2D eigenvalue weighted by molar-refractivity contribution is 6.31. The first-order valence-electron chi connectivity index (χ1n) is 6.85. The zero-order valence-electron chi connectivity index (χ0n) is 11.4. The molecule has 20 heavy (non-hydrogen) atoms. The van der Waals surface area contributed by atoms with Gasteiger partial charge in [-0.25, -0.2) is 0 Å². The third-order valence-corrected chi connectivity index (χ3v) is 4.18. The molecule has 1 N–H and O–H groups in total. The van der Waals surface area contributed by atoms with Crippen molar-refractivity contribution < 1.29 is 9.84 Å². The normalized spacial score (nSPS) is 15.3. The molecule has 0 aromatic heterocycles. The lowest BCUT2D eigenvalue weighted by Crippen LogP contribution is -2.12. The first-order chi connectivity index (χ1) is 9.66. The summed E-state index contributed by atoms with van der Waals surface area (Å²) in [7, 11) is 0. The molecule has 0 spiro atoms. The van der Waals surface area contributed by atoms with Crippen LogP contribution in [0.4, 0.5) is 0 Å². The molecule has 2 aromatic rings. The van der Waals surface area contributed by atoms with Gasteiger partial charge in [0.2, 0.25) is 0 Å². The van der Waals surface area contributed by atoms with Crippen LogP contribution in [0, 0.1) is 6.92 Å². The summed E-state index contributed by atoms with van der Waals surface area (Å²) in [5.41, 5.74) is 3.80. The lowest BCUT2D eigenvalue weighted by Gasteiger charge is -2.23. The molecule has 0 saturated heterocycles. The summed E-state index contributed by atoms with van der Waals surface area (Å²) in [6, 6.07) is 11.6. The number of rotatable bonds is 2. The topological polar surface area (TPSA) is 29.5 Å². The molecule has 1 heterocycles. The number of ether oxygens (including phenoxy) is 1. The van der Waals surface area contributed by atoms with Crippen molar-refractivity contribution in [1.29, 1.82) is 0 Å². The smallest absolute Gasteiger partial charge is 0.128 e. The molecule has 0 radical (unpaired) electrons. The number of aryl methyl sites for hydroxylation is 2. The summed E-state index contributed by atoms with van der Waals surface area (Å²) in [6.07, 6.45) is 1.33. The van der Waals surface area contributed by atoms with E-state index < -0.39 is 6.10 Å². The Kier molecular flexibility index (Phi) is 3.68. The number of hydrogen-bond acceptors (Lipinski definition) is 2. The highest BCUT2D eigenvalue weighted by Crippen LogP contribution is 2.36. The van der Waals surface area contributed by atoms with E-state index in [9.17, 15) is 5.11 Å². The zero-order valence-corrected chi connectivity index (χ0v) is 12.2. The van der Waals surface area contributed by atoms with Crippen LogP contribution in [0.1, 0.15) is 34.8 Å². The average Bonchev–Trinajstić information content (AvgIpc) is 2.49. The minimum Gasteiger partial charge on any atom is -0.493 e. The molecular formula is C17H17ClO2. The highest BCUT2D eigenvalue weighted by atomic mass is 35.5. The predicted molar refractivity (Wildman–Crippen MR) is 80.5 cm³/mol. The number of aliphatic hydroxyl groups is 1. The Hall–Kier alpha value is -1.51. The predicted octanol–water partition coefficient (Wildman–Crippen LogP) is 4.06. The molecule has 0 bridgehead atoms. The molecule has 0 saturated carbocycles. The molecule has 0 fully saturated rings. The monoisotopic (exact) mass is 288 g/mol. The number of para-hydroxylation sites is 1. The average molecular weight is 289 g/mol. The number of hydrogen-bond donors (Lipinski definition) is 1. The van der Waals surface area contributed by atoms with E-state index in [2.05, 4.69) is 6.07 Å². The van der Waals surface area contributed by atoms with Crippen molar-refractivity contribution in [2.75, 3.05) is 6.61 Å². The summed E-state index contributed by atoms with van der Waals surface area (Å²) in [4.78, 5) is 0. The molecule has 104 valence electrons. The second kappa shape index (κ2) is 5.47. The summed E-state index contributed by atoms with van der Waals surface area (Å²) >= 11 is 6.15. The van der Waals surface area contributed by atoms with Crippen molar-refractivity contribution in [1.82, 2.24) is 0 Å². The van der Waals surface area contributed by atoms with Gasteiger partial charge in [-0.3, -0.25) is 0 Å². The standard InChI is InChI=1S/C17H17ClO2/c1-11-7-8-13(10-15(11)18)16(19)14-6-2-4-12-5-3-9-20-17(12)14/h2,4,6-8,10,16,19H,3,5,9H2,1H3. The van der Waals surface area contributed by atoms with Crippen LogP contribution < -0.4 is 4.74 Å².